The monoisotopic (exact) mass is 435 g/mol. The lowest BCUT2D eigenvalue weighted by Gasteiger charge is -2.15. The Hall–Kier alpha value is -2.09. The van der Waals surface area contributed by atoms with Gasteiger partial charge in [-0.25, -0.2) is 0 Å². The summed E-state index contributed by atoms with van der Waals surface area (Å²) in [6.07, 6.45) is 3.80. The number of nitrogens with zero attached hydrogens (tertiary/aromatic N) is 2. The number of carbonyl (C=O) groups is 1. The minimum Gasteiger partial charge on any atom is -0.352 e. The molecule has 0 aliphatic carbocycles. The van der Waals surface area contributed by atoms with E-state index in [-0.39, 0.29) is 24.1 Å². The number of amides is 1. The molecule has 0 aliphatic rings. The maximum absolute atomic E-state index is 12.9. The first-order chi connectivity index (χ1) is 11.5. The van der Waals surface area contributed by atoms with Crippen LogP contribution in [0, 0.1) is 3.57 Å². The van der Waals surface area contributed by atoms with Crippen molar-refractivity contribution in [3.05, 3.63) is 62.7 Å². The van der Waals surface area contributed by atoms with Crippen molar-refractivity contribution in [2.24, 2.45) is 0 Å². The number of benzene rings is 1. The van der Waals surface area contributed by atoms with E-state index < -0.39 is 0 Å². The van der Waals surface area contributed by atoms with E-state index in [2.05, 4.69) is 27.9 Å². The molecule has 6 heteroatoms. The van der Waals surface area contributed by atoms with E-state index in [9.17, 15) is 9.59 Å². The van der Waals surface area contributed by atoms with Gasteiger partial charge in [-0.3, -0.25) is 14.2 Å². The summed E-state index contributed by atoms with van der Waals surface area (Å²) in [5.74, 6) is -0.171. The zero-order valence-corrected chi connectivity index (χ0v) is 15.6. The maximum Gasteiger partial charge on any atom is 0.275 e. The summed E-state index contributed by atoms with van der Waals surface area (Å²) in [7, 11) is 0. The van der Waals surface area contributed by atoms with Gasteiger partial charge in [0.25, 0.3) is 5.56 Å². The predicted molar refractivity (Wildman–Crippen MR) is 103 cm³/mol. The largest absolute Gasteiger partial charge is 0.352 e. The molecule has 0 saturated carbocycles. The number of fused-ring (bicyclic) bond motifs is 1. The van der Waals surface area contributed by atoms with Crippen LogP contribution in [0.15, 0.2) is 53.6 Å². The minimum absolute atomic E-state index is 0.000496. The molecule has 0 fully saturated rings. The Morgan fingerprint density at radius 1 is 1.21 bits per heavy atom. The molecule has 1 aromatic carbocycles. The summed E-state index contributed by atoms with van der Waals surface area (Å²) in [5, 5.41) is 2.84. The zero-order chi connectivity index (χ0) is 17.3. The van der Waals surface area contributed by atoms with Gasteiger partial charge in [0, 0.05) is 22.0 Å². The average molecular weight is 435 g/mol. The second-order valence-corrected chi connectivity index (χ2v) is 7.19. The summed E-state index contributed by atoms with van der Waals surface area (Å²) in [4.78, 5) is 25.1. The first-order valence-electron chi connectivity index (χ1n) is 7.71. The van der Waals surface area contributed by atoms with Crippen LogP contribution in [0.3, 0.4) is 0 Å². The van der Waals surface area contributed by atoms with E-state index in [0.29, 0.717) is 5.52 Å². The van der Waals surface area contributed by atoms with Crippen LogP contribution in [0.4, 0.5) is 0 Å². The Labute approximate surface area is 153 Å². The molecule has 0 bridgehead atoms. The number of rotatable bonds is 4. The molecule has 5 nitrogen and oxygen atoms in total. The molecule has 0 saturated heterocycles. The smallest absolute Gasteiger partial charge is 0.275 e. The number of halogens is 1. The lowest BCUT2D eigenvalue weighted by molar-refractivity contribution is -0.122. The molecule has 124 valence electrons. The van der Waals surface area contributed by atoms with Crippen LogP contribution in [0.2, 0.25) is 0 Å². The molecule has 0 unspecified atom stereocenters. The van der Waals surface area contributed by atoms with Crippen molar-refractivity contribution in [2.75, 3.05) is 0 Å². The molecule has 1 amide bonds. The molecule has 2 heterocycles. The third kappa shape index (κ3) is 3.38. The first kappa shape index (κ1) is 16.8. The molecule has 0 aliphatic heterocycles. The highest BCUT2D eigenvalue weighted by atomic mass is 127. The van der Waals surface area contributed by atoms with Gasteiger partial charge in [0.05, 0.1) is 5.69 Å². The molecule has 0 radical (unpaired) electrons. The number of hydrogen-bond acceptors (Lipinski definition) is 2. The van der Waals surface area contributed by atoms with Crippen LogP contribution in [0.1, 0.15) is 13.8 Å². The Morgan fingerprint density at radius 2 is 1.92 bits per heavy atom. The van der Waals surface area contributed by atoms with Crippen molar-refractivity contribution in [3.63, 3.8) is 0 Å². The summed E-state index contributed by atoms with van der Waals surface area (Å²) < 4.78 is 4.34. The van der Waals surface area contributed by atoms with Crippen molar-refractivity contribution in [3.8, 4) is 11.3 Å². The topological polar surface area (TPSA) is 55.5 Å². The van der Waals surface area contributed by atoms with Crippen molar-refractivity contribution in [1.82, 2.24) is 14.3 Å². The van der Waals surface area contributed by atoms with Crippen LogP contribution in [0.5, 0.6) is 0 Å². The van der Waals surface area contributed by atoms with Gasteiger partial charge in [-0.2, -0.15) is 0 Å². The van der Waals surface area contributed by atoms with E-state index in [1.165, 1.54) is 0 Å². The molecule has 2 aromatic heterocycles. The van der Waals surface area contributed by atoms with Crippen molar-refractivity contribution in [1.29, 1.82) is 0 Å². The van der Waals surface area contributed by atoms with Crippen molar-refractivity contribution >= 4 is 34.0 Å². The van der Waals surface area contributed by atoms with Gasteiger partial charge in [-0.15, -0.1) is 0 Å². The van der Waals surface area contributed by atoms with Crippen molar-refractivity contribution in [2.45, 2.75) is 26.4 Å². The molecular formula is C18H18IN3O2. The highest BCUT2D eigenvalue weighted by molar-refractivity contribution is 14.1. The fourth-order valence-electron chi connectivity index (χ4n) is 2.68. The number of aromatic nitrogens is 2. The van der Waals surface area contributed by atoms with E-state index >= 15 is 0 Å². The highest BCUT2D eigenvalue weighted by Crippen LogP contribution is 2.19. The second kappa shape index (κ2) is 6.80. The Kier molecular flexibility index (Phi) is 4.75. The van der Waals surface area contributed by atoms with Crippen molar-refractivity contribution < 1.29 is 4.79 Å². The third-order valence-corrected chi connectivity index (χ3v) is 4.24. The SMILES string of the molecule is CC(C)NC(=O)Cn1c(-c2ccccc2)cn2cc(I)cc2c1=O. The molecular weight excluding hydrogens is 417 g/mol. The fourth-order valence-corrected chi connectivity index (χ4v) is 3.28. The van der Waals surface area contributed by atoms with Crippen LogP contribution in [-0.2, 0) is 11.3 Å². The normalized spacial score (nSPS) is 11.2. The van der Waals surface area contributed by atoms with Gasteiger partial charge in [0.2, 0.25) is 5.91 Å². The van der Waals surface area contributed by atoms with Gasteiger partial charge in [-0.05, 0) is 48.1 Å². The van der Waals surface area contributed by atoms with Crippen LogP contribution >= 0.6 is 22.6 Å². The molecule has 0 atom stereocenters. The predicted octanol–water partition coefficient (Wildman–Crippen LogP) is 2.90. The molecule has 3 rings (SSSR count). The number of carbonyl (C=O) groups excluding carboxylic acids is 1. The van der Waals surface area contributed by atoms with Gasteiger partial charge < -0.3 is 9.72 Å². The van der Waals surface area contributed by atoms with E-state index in [0.717, 1.165) is 14.8 Å². The van der Waals surface area contributed by atoms with E-state index in [4.69, 9.17) is 0 Å². The molecule has 3 aromatic rings. The summed E-state index contributed by atoms with van der Waals surface area (Å²) >= 11 is 2.18. The fraction of sp³-hybridized carbons (Fsp3) is 0.222. The molecule has 24 heavy (non-hydrogen) atoms. The van der Waals surface area contributed by atoms with Crippen LogP contribution < -0.4 is 10.9 Å². The Balaban J connectivity index is 2.18. The average Bonchev–Trinajstić information content (AvgIpc) is 2.91. The molecule has 1 N–H and O–H groups in total. The maximum atomic E-state index is 12.9. The third-order valence-electron chi connectivity index (χ3n) is 3.65. The quantitative estimate of drug-likeness (QED) is 0.641. The number of hydrogen-bond donors (Lipinski definition) is 1. The van der Waals surface area contributed by atoms with E-state index in [1.54, 1.807) is 4.57 Å². The van der Waals surface area contributed by atoms with Crippen LogP contribution in [-0.4, -0.2) is 20.9 Å². The van der Waals surface area contributed by atoms with Gasteiger partial charge in [0.15, 0.2) is 0 Å². The Morgan fingerprint density at radius 3 is 2.58 bits per heavy atom. The van der Waals surface area contributed by atoms with Gasteiger partial charge in [0.1, 0.15) is 12.1 Å². The van der Waals surface area contributed by atoms with Gasteiger partial charge >= 0.3 is 0 Å². The zero-order valence-electron chi connectivity index (χ0n) is 13.5. The Bertz CT molecular complexity index is 942. The summed E-state index contributed by atoms with van der Waals surface area (Å²) in [6.45, 7) is 3.80. The van der Waals surface area contributed by atoms with E-state index in [1.807, 2.05) is 67.0 Å². The lowest BCUT2D eigenvalue weighted by Crippen LogP contribution is -2.36. The molecule has 0 spiro atoms. The summed E-state index contributed by atoms with van der Waals surface area (Å²) in [5.41, 5.74) is 2.02. The van der Waals surface area contributed by atoms with Crippen LogP contribution in [0.25, 0.3) is 16.8 Å². The second-order valence-electron chi connectivity index (χ2n) is 5.94. The highest BCUT2D eigenvalue weighted by Gasteiger charge is 2.15. The number of nitrogens with one attached hydrogen (secondary N) is 1. The summed E-state index contributed by atoms with van der Waals surface area (Å²) in [6, 6.07) is 11.5. The first-order valence-corrected chi connectivity index (χ1v) is 8.79. The lowest BCUT2D eigenvalue weighted by atomic mass is 10.1. The van der Waals surface area contributed by atoms with Gasteiger partial charge in [-0.1, -0.05) is 30.3 Å². The standard InChI is InChI=1S/C18H18IN3O2/c1-12(2)20-17(23)11-22-16(13-6-4-3-5-7-13)10-21-9-14(19)8-15(21)18(22)24/h3-10,12H,11H2,1-2H3,(H,20,23). The minimum atomic E-state index is -0.171.